The van der Waals surface area contributed by atoms with E-state index in [9.17, 15) is 14.7 Å². The third-order valence-electron chi connectivity index (χ3n) is 7.25. The fourth-order valence-corrected chi connectivity index (χ4v) is 5.10. The molecule has 2 N–H and O–H groups in total. The van der Waals surface area contributed by atoms with Crippen LogP contribution in [-0.2, 0) is 10.3 Å². The van der Waals surface area contributed by atoms with Crippen molar-refractivity contribution < 1.29 is 19.4 Å². The van der Waals surface area contributed by atoms with Crippen LogP contribution in [0.4, 0.5) is 4.79 Å². The van der Waals surface area contributed by atoms with Crippen LogP contribution in [-0.4, -0.2) is 50.2 Å². The fourth-order valence-electron chi connectivity index (χ4n) is 5.10. The summed E-state index contributed by atoms with van der Waals surface area (Å²) in [5.74, 6) is -0.0684. The molecule has 198 valence electrons. The maximum absolute atomic E-state index is 13.3. The zero-order valence-electron chi connectivity index (χ0n) is 22.1. The topological polar surface area (TPSA) is 105 Å². The number of benzene rings is 2. The molecule has 1 saturated carbocycles. The molecule has 1 aliphatic carbocycles. The Morgan fingerprint density at radius 1 is 1.11 bits per heavy atom. The summed E-state index contributed by atoms with van der Waals surface area (Å²) < 4.78 is 6.12. The summed E-state index contributed by atoms with van der Waals surface area (Å²) in [7, 11) is 0. The second-order valence-electron chi connectivity index (χ2n) is 11.0. The monoisotopic (exact) mass is 514 g/mol. The van der Waals surface area contributed by atoms with Gasteiger partial charge in [-0.1, -0.05) is 54.6 Å². The van der Waals surface area contributed by atoms with Crippen molar-refractivity contribution in [3.8, 4) is 11.1 Å². The Morgan fingerprint density at radius 3 is 2.34 bits per heavy atom. The molecule has 8 heteroatoms. The maximum Gasteiger partial charge on any atom is 0.411 e. The van der Waals surface area contributed by atoms with Crippen LogP contribution in [0.5, 0.6) is 0 Å². The third kappa shape index (κ3) is 5.70. The van der Waals surface area contributed by atoms with Gasteiger partial charge in [-0.2, -0.15) is 0 Å². The number of hydrogen-bond acceptors (Lipinski definition) is 6. The van der Waals surface area contributed by atoms with Crippen molar-refractivity contribution in [1.29, 1.82) is 0 Å². The van der Waals surface area contributed by atoms with Crippen molar-refractivity contribution in [3.63, 3.8) is 0 Å². The maximum atomic E-state index is 13.3. The minimum absolute atomic E-state index is 0.172. The number of ether oxygens (including phenoxy) is 1. The average Bonchev–Trinajstić information content (AvgIpc) is 3.72. The van der Waals surface area contributed by atoms with E-state index in [4.69, 9.17) is 4.74 Å². The smallest absolute Gasteiger partial charge is 0.411 e. The van der Waals surface area contributed by atoms with Gasteiger partial charge >= 0.3 is 6.09 Å². The predicted octanol–water partition coefficient (Wildman–Crippen LogP) is 5.00. The number of hydrogen-bond donors (Lipinski definition) is 2. The highest BCUT2D eigenvalue weighted by Gasteiger charge is 2.46. The molecule has 0 radical (unpaired) electrons. The highest BCUT2D eigenvalue weighted by Crippen LogP contribution is 2.42. The summed E-state index contributed by atoms with van der Waals surface area (Å²) in [4.78, 5) is 35.6. The van der Waals surface area contributed by atoms with Crippen LogP contribution >= 0.6 is 0 Å². The van der Waals surface area contributed by atoms with E-state index in [-0.39, 0.29) is 23.8 Å². The lowest BCUT2D eigenvalue weighted by Gasteiger charge is -2.45. The molecule has 2 aromatic carbocycles. The van der Waals surface area contributed by atoms with Crippen LogP contribution in [0.3, 0.4) is 0 Å². The minimum Gasteiger partial charge on any atom is -0.438 e. The highest BCUT2D eigenvalue weighted by molar-refractivity contribution is 5.91. The summed E-state index contributed by atoms with van der Waals surface area (Å²) in [5, 5.41) is 13.5. The van der Waals surface area contributed by atoms with Gasteiger partial charge in [0, 0.05) is 43.4 Å². The summed E-state index contributed by atoms with van der Waals surface area (Å²) in [6, 6.07) is 17.6. The summed E-state index contributed by atoms with van der Waals surface area (Å²) in [5.41, 5.74) is 1.72. The number of aliphatic hydroxyl groups is 1. The molecule has 2 aliphatic rings. The Balaban J connectivity index is 1.28. The number of rotatable bonds is 8. The standard InChI is InChI=1S/C30H34N4O4/c1-20(34-16-15-30(38-28(34)36,19-29(2,3)37)24-7-5-4-6-8-24)21-9-11-22(12-10-21)23-17-31-26(32-18-23)27(35)33-25-13-14-25/h4-12,17-18,20,25,37H,13-16,19H2,1-3H3,(H,33,35). The summed E-state index contributed by atoms with van der Waals surface area (Å²) in [6.45, 7) is 5.97. The lowest BCUT2D eigenvalue weighted by molar-refractivity contribution is -0.101. The molecular formula is C30H34N4O4. The van der Waals surface area contributed by atoms with Crippen molar-refractivity contribution in [2.24, 2.45) is 0 Å². The van der Waals surface area contributed by atoms with Crippen LogP contribution in [0.1, 0.15) is 74.2 Å². The molecule has 5 rings (SSSR count). The first-order valence-corrected chi connectivity index (χ1v) is 13.1. The Labute approximate surface area is 223 Å². The van der Waals surface area contributed by atoms with E-state index in [0.717, 1.165) is 35.1 Å². The van der Waals surface area contributed by atoms with Crippen molar-refractivity contribution in [1.82, 2.24) is 20.2 Å². The first-order valence-electron chi connectivity index (χ1n) is 13.1. The van der Waals surface area contributed by atoms with Gasteiger partial charge in [0.2, 0.25) is 5.82 Å². The highest BCUT2D eigenvalue weighted by atomic mass is 16.6. The molecule has 3 aromatic rings. The zero-order valence-corrected chi connectivity index (χ0v) is 22.1. The van der Waals surface area contributed by atoms with Gasteiger partial charge in [0.05, 0.1) is 11.6 Å². The summed E-state index contributed by atoms with van der Waals surface area (Å²) >= 11 is 0. The molecule has 2 unspecified atom stereocenters. The van der Waals surface area contributed by atoms with Gasteiger partial charge in [0.15, 0.2) is 0 Å². The molecule has 8 nitrogen and oxygen atoms in total. The minimum atomic E-state index is -0.997. The van der Waals surface area contributed by atoms with Gasteiger partial charge in [-0.25, -0.2) is 14.8 Å². The Hall–Kier alpha value is -3.78. The predicted molar refractivity (Wildman–Crippen MR) is 143 cm³/mol. The Kier molecular flexibility index (Phi) is 6.92. The van der Waals surface area contributed by atoms with Crippen LogP contribution < -0.4 is 5.32 Å². The lowest BCUT2D eigenvalue weighted by atomic mass is 9.80. The Bertz CT molecular complexity index is 1280. The van der Waals surface area contributed by atoms with Crippen molar-refractivity contribution in [3.05, 3.63) is 83.9 Å². The molecule has 2 atom stereocenters. The number of aromatic nitrogens is 2. The number of carbonyl (C=O) groups excluding carboxylic acids is 2. The third-order valence-corrected chi connectivity index (χ3v) is 7.25. The van der Waals surface area contributed by atoms with Gasteiger partial charge in [-0.05, 0) is 50.3 Å². The van der Waals surface area contributed by atoms with Gasteiger partial charge in [0.1, 0.15) is 5.60 Å². The van der Waals surface area contributed by atoms with Crippen LogP contribution in [0.2, 0.25) is 0 Å². The Morgan fingerprint density at radius 2 is 1.76 bits per heavy atom. The molecule has 0 bridgehead atoms. The van der Waals surface area contributed by atoms with E-state index >= 15 is 0 Å². The quantitative estimate of drug-likeness (QED) is 0.439. The zero-order chi connectivity index (χ0) is 26.9. The molecule has 38 heavy (non-hydrogen) atoms. The van der Waals surface area contributed by atoms with Gasteiger partial charge < -0.3 is 20.1 Å². The molecule has 1 saturated heterocycles. The molecule has 1 aromatic heterocycles. The number of carbonyl (C=O) groups is 2. The van der Waals surface area contributed by atoms with E-state index in [1.807, 2.05) is 61.5 Å². The molecule has 0 spiro atoms. The van der Waals surface area contributed by atoms with E-state index in [1.165, 1.54) is 0 Å². The second-order valence-corrected chi connectivity index (χ2v) is 11.0. The number of amides is 2. The van der Waals surface area contributed by atoms with Gasteiger partial charge in [-0.3, -0.25) is 4.79 Å². The SMILES string of the molecule is CC(c1ccc(-c2cnc(C(=O)NC3CC3)nc2)cc1)N1CCC(CC(C)(C)O)(c2ccccc2)OC1=O. The molecular weight excluding hydrogens is 480 g/mol. The van der Waals surface area contributed by atoms with Crippen LogP contribution in [0.15, 0.2) is 67.0 Å². The van der Waals surface area contributed by atoms with Crippen LogP contribution in [0.25, 0.3) is 11.1 Å². The van der Waals surface area contributed by atoms with E-state index in [2.05, 4.69) is 15.3 Å². The summed E-state index contributed by atoms with van der Waals surface area (Å²) in [6.07, 6.45) is 5.83. The van der Waals surface area contributed by atoms with Crippen molar-refractivity contribution in [2.75, 3.05) is 6.54 Å². The first kappa shape index (κ1) is 25.9. The number of nitrogens with one attached hydrogen (secondary N) is 1. The fraction of sp³-hybridized carbons (Fsp3) is 0.400. The lowest BCUT2D eigenvalue weighted by Crippen LogP contribution is -2.51. The number of cyclic esters (lactones) is 1. The van der Waals surface area contributed by atoms with E-state index < -0.39 is 17.3 Å². The first-order chi connectivity index (χ1) is 18.1. The van der Waals surface area contributed by atoms with E-state index in [0.29, 0.717) is 19.4 Å². The van der Waals surface area contributed by atoms with Crippen LogP contribution in [0, 0.1) is 0 Å². The van der Waals surface area contributed by atoms with Crippen molar-refractivity contribution in [2.45, 2.75) is 69.7 Å². The molecule has 1 aliphatic heterocycles. The van der Waals surface area contributed by atoms with Gasteiger partial charge in [-0.15, -0.1) is 0 Å². The average molecular weight is 515 g/mol. The number of nitrogens with zero attached hydrogens (tertiary/aromatic N) is 3. The normalized spacial score (nSPS) is 20.5. The van der Waals surface area contributed by atoms with Gasteiger partial charge in [0.25, 0.3) is 5.91 Å². The van der Waals surface area contributed by atoms with E-state index in [1.54, 1.807) is 31.1 Å². The van der Waals surface area contributed by atoms with Crippen molar-refractivity contribution >= 4 is 12.0 Å². The largest absolute Gasteiger partial charge is 0.438 e. The molecule has 2 fully saturated rings. The molecule has 2 heterocycles. The second kappa shape index (κ2) is 10.2. The molecule has 2 amide bonds.